The van der Waals surface area contributed by atoms with Gasteiger partial charge in [0.15, 0.2) is 0 Å². The van der Waals surface area contributed by atoms with Crippen molar-refractivity contribution in [3.8, 4) is 0 Å². The van der Waals surface area contributed by atoms with Crippen LogP contribution in [0.3, 0.4) is 0 Å². The van der Waals surface area contributed by atoms with Gasteiger partial charge in [0.2, 0.25) is 11.1 Å². The topological polar surface area (TPSA) is 79.6 Å². The molecule has 1 aliphatic heterocycles. The van der Waals surface area contributed by atoms with Crippen LogP contribution in [0.2, 0.25) is 0 Å². The lowest BCUT2D eigenvalue weighted by Crippen LogP contribution is -2.28. The summed E-state index contributed by atoms with van der Waals surface area (Å²) < 4.78 is 0. The summed E-state index contributed by atoms with van der Waals surface area (Å²) in [6, 6.07) is 0. The molecule has 0 amide bonds. The summed E-state index contributed by atoms with van der Waals surface area (Å²) in [5, 5.41) is 10.7. The lowest BCUT2D eigenvalue weighted by molar-refractivity contribution is 0.407. The molecular formula is C8H15N5S. The van der Waals surface area contributed by atoms with Crippen LogP contribution in [0.5, 0.6) is 0 Å². The second kappa shape index (κ2) is 4.65. The Labute approximate surface area is 87.2 Å². The molecule has 6 heteroatoms. The molecule has 1 saturated heterocycles. The summed E-state index contributed by atoms with van der Waals surface area (Å²) in [6.07, 6.45) is 2.51. The average molecular weight is 213 g/mol. The van der Waals surface area contributed by atoms with Gasteiger partial charge in [0.05, 0.1) is 0 Å². The molecule has 0 saturated carbocycles. The third kappa shape index (κ3) is 2.62. The number of aromatic amines is 1. The number of nitrogen functional groups attached to an aromatic ring is 1. The van der Waals surface area contributed by atoms with Crippen LogP contribution < -0.4 is 11.1 Å². The Balaban J connectivity index is 1.76. The number of hydrogen-bond acceptors (Lipinski definition) is 5. The molecule has 2 heterocycles. The molecule has 0 atom stereocenters. The lowest BCUT2D eigenvalue weighted by Gasteiger charge is -2.21. The number of anilines is 1. The van der Waals surface area contributed by atoms with Gasteiger partial charge < -0.3 is 11.1 Å². The maximum Gasteiger partial charge on any atom is 0.216 e. The second-order valence-electron chi connectivity index (χ2n) is 3.51. The fourth-order valence-corrected chi connectivity index (χ4v) is 2.55. The summed E-state index contributed by atoms with van der Waals surface area (Å²) in [4.78, 5) is 4.05. The summed E-state index contributed by atoms with van der Waals surface area (Å²) in [7, 11) is 0. The van der Waals surface area contributed by atoms with Gasteiger partial charge >= 0.3 is 0 Å². The number of rotatable bonds is 3. The number of thioether (sulfide) groups is 1. The fraction of sp³-hybridized carbons (Fsp3) is 0.750. The van der Waals surface area contributed by atoms with Crippen LogP contribution in [0.25, 0.3) is 0 Å². The standard InChI is InChI=1S/C8H15N5S/c9-7-11-8(13-12-7)14-5-6-1-3-10-4-2-6/h6,10H,1-5H2,(H3,9,11,12,13). The Morgan fingerprint density at radius 2 is 2.21 bits per heavy atom. The molecule has 1 aliphatic rings. The zero-order valence-corrected chi connectivity index (χ0v) is 8.81. The quantitative estimate of drug-likeness (QED) is 0.636. The van der Waals surface area contributed by atoms with Crippen molar-refractivity contribution in [2.24, 2.45) is 5.92 Å². The highest BCUT2D eigenvalue weighted by molar-refractivity contribution is 7.99. The molecule has 1 fully saturated rings. The molecule has 1 aromatic rings. The predicted octanol–water partition coefficient (Wildman–Crippen LogP) is 0.479. The summed E-state index contributed by atoms with van der Waals surface area (Å²) in [5.74, 6) is 2.29. The van der Waals surface area contributed by atoms with Crippen LogP contribution in [-0.2, 0) is 0 Å². The van der Waals surface area contributed by atoms with Crippen molar-refractivity contribution in [1.29, 1.82) is 0 Å². The first-order valence-electron chi connectivity index (χ1n) is 4.86. The molecule has 5 nitrogen and oxygen atoms in total. The molecule has 1 aromatic heterocycles. The minimum Gasteiger partial charge on any atom is -0.368 e. The number of nitrogens with one attached hydrogen (secondary N) is 2. The van der Waals surface area contributed by atoms with E-state index in [2.05, 4.69) is 20.5 Å². The largest absolute Gasteiger partial charge is 0.368 e. The van der Waals surface area contributed by atoms with Crippen LogP contribution >= 0.6 is 11.8 Å². The molecule has 0 aliphatic carbocycles. The Morgan fingerprint density at radius 3 is 2.86 bits per heavy atom. The van der Waals surface area contributed by atoms with E-state index in [0.717, 1.165) is 29.9 Å². The van der Waals surface area contributed by atoms with E-state index in [1.165, 1.54) is 12.8 Å². The summed E-state index contributed by atoms with van der Waals surface area (Å²) >= 11 is 1.69. The highest BCUT2D eigenvalue weighted by Gasteiger charge is 2.14. The van der Waals surface area contributed by atoms with Gasteiger partial charge in [0.1, 0.15) is 0 Å². The van der Waals surface area contributed by atoms with Gasteiger partial charge in [-0.1, -0.05) is 11.8 Å². The zero-order valence-electron chi connectivity index (χ0n) is 7.99. The van der Waals surface area contributed by atoms with Crippen molar-refractivity contribution in [2.75, 3.05) is 24.6 Å². The number of nitrogens with zero attached hydrogens (tertiary/aromatic N) is 2. The number of H-pyrrole nitrogens is 1. The fourth-order valence-electron chi connectivity index (χ4n) is 1.56. The highest BCUT2D eigenvalue weighted by atomic mass is 32.2. The minimum absolute atomic E-state index is 0.401. The molecule has 78 valence electrons. The predicted molar refractivity (Wildman–Crippen MR) is 57.1 cm³/mol. The minimum atomic E-state index is 0.401. The molecule has 14 heavy (non-hydrogen) atoms. The zero-order chi connectivity index (χ0) is 9.80. The van der Waals surface area contributed by atoms with Crippen LogP contribution in [0.15, 0.2) is 5.16 Å². The van der Waals surface area contributed by atoms with E-state index in [0.29, 0.717) is 5.95 Å². The van der Waals surface area contributed by atoms with Gasteiger partial charge in [-0.25, -0.2) is 5.10 Å². The highest BCUT2D eigenvalue weighted by Crippen LogP contribution is 2.22. The van der Waals surface area contributed by atoms with Crippen molar-refractivity contribution in [1.82, 2.24) is 20.5 Å². The third-order valence-corrected chi connectivity index (χ3v) is 3.47. The number of nitrogens with two attached hydrogens (primary N) is 1. The van der Waals surface area contributed by atoms with Gasteiger partial charge in [-0.15, -0.1) is 5.10 Å². The van der Waals surface area contributed by atoms with E-state index in [9.17, 15) is 0 Å². The molecule has 0 aromatic carbocycles. The number of hydrogen-bond donors (Lipinski definition) is 3. The van der Waals surface area contributed by atoms with Gasteiger partial charge in [-0.2, -0.15) is 4.98 Å². The Hall–Kier alpha value is -0.750. The van der Waals surface area contributed by atoms with E-state index in [4.69, 9.17) is 5.73 Å². The van der Waals surface area contributed by atoms with Gasteiger partial charge in [0, 0.05) is 5.75 Å². The lowest BCUT2D eigenvalue weighted by atomic mass is 10.0. The number of piperidine rings is 1. The van der Waals surface area contributed by atoms with Crippen LogP contribution in [0.1, 0.15) is 12.8 Å². The summed E-state index contributed by atoms with van der Waals surface area (Å²) in [5.41, 5.74) is 5.43. The molecular weight excluding hydrogens is 198 g/mol. The molecule has 0 bridgehead atoms. The first-order valence-corrected chi connectivity index (χ1v) is 5.84. The van der Waals surface area contributed by atoms with Gasteiger partial charge in [-0.3, -0.25) is 0 Å². The maximum absolute atomic E-state index is 5.43. The SMILES string of the molecule is Nc1nc(SCC2CCNCC2)n[nH]1. The van der Waals surface area contributed by atoms with Crippen molar-refractivity contribution in [2.45, 2.75) is 18.0 Å². The Morgan fingerprint density at radius 1 is 1.43 bits per heavy atom. The van der Waals surface area contributed by atoms with Gasteiger partial charge in [-0.05, 0) is 31.8 Å². The Bertz CT molecular complexity index is 281. The van der Waals surface area contributed by atoms with E-state index in [1.54, 1.807) is 11.8 Å². The van der Waals surface area contributed by atoms with E-state index in [1.807, 2.05) is 0 Å². The Kier molecular flexibility index (Phi) is 3.26. The third-order valence-electron chi connectivity index (χ3n) is 2.39. The molecule has 0 spiro atoms. The van der Waals surface area contributed by atoms with Crippen molar-refractivity contribution in [3.05, 3.63) is 0 Å². The van der Waals surface area contributed by atoms with Gasteiger partial charge in [0.25, 0.3) is 0 Å². The van der Waals surface area contributed by atoms with Crippen molar-refractivity contribution < 1.29 is 0 Å². The van der Waals surface area contributed by atoms with Crippen molar-refractivity contribution in [3.63, 3.8) is 0 Å². The second-order valence-corrected chi connectivity index (χ2v) is 4.49. The average Bonchev–Trinajstić information content (AvgIpc) is 2.63. The normalized spacial score (nSPS) is 18.6. The number of aromatic nitrogens is 3. The van der Waals surface area contributed by atoms with Crippen LogP contribution in [-0.4, -0.2) is 34.0 Å². The van der Waals surface area contributed by atoms with E-state index < -0.39 is 0 Å². The van der Waals surface area contributed by atoms with Crippen LogP contribution in [0, 0.1) is 5.92 Å². The molecule has 2 rings (SSSR count). The van der Waals surface area contributed by atoms with E-state index in [-0.39, 0.29) is 0 Å². The molecule has 4 N–H and O–H groups in total. The first kappa shape index (κ1) is 9.79. The summed E-state index contributed by atoms with van der Waals surface area (Å²) in [6.45, 7) is 2.28. The maximum atomic E-state index is 5.43. The monoisotopic (exact) mass is 213 g/mol. The molecule has 0 radical (unpaired) electrons. The van der Waals surface area contributed by atoms with E-state index >= 15 is 0 Å². The van der Waals surface area contributed by atoms with Crippen molar-refractivity contribution >= 4 is 17.7 Å². The van der Waals surface area contributed by atoms with Crippen LogP contribution in [0.4, 0.5) is 5.95 Å². The molecule has 0 unspecified atom stereocenters. The first-order chi connectivity index (χ1) is 6.84. The smallest absolute Gasteiger partial charge is 0.216 e.